The predicted molar refractivity (Wildman–Crippen MR) is 89.0 cm³/mol. The van der Waals surface area contributed by atoms with Crippen LogP contribution in [0.5, 0.6) is 5.75 Å². The molecule has 1 aliphatic heterocycles. The van der Waals surface area contributed by atoms with Crippen molar-refractivity contribution in [2.24, 2.45) is 5.92 Å². The van der Waals surface area contributed by atoms with Crippen LogP contribution in [0.4, 0.5) is 0 Å². The molecule has 3 atom stereocenters. The first-order valence-corrected chi connectivity index (χ1v) is 8.86. The number of benzene rings is 1. The molecule has 1 aromatic rings. The van der Waals surface area contributed by atoms with Gasteiger partial charge in [0.05, 0.1) is 6.10 Å². The maximum absolute atomic E-state index is 10.2. The van der Waals surface area contributed by atoms with E-state index in [0.717, 1.165) is 5.56 Å². The van der Waals surface area contributed by atoms with Crippen LogP contribution in [-0.4, -0.2) is 36.2 Å². The van der Waals surface area contributed by atoms with Crippen molar-refractivity contribution in [2.75, 3.05) is 20.2 Å². The van der Waals surface area contributed by atoms with Crippen molar-refractivity contribution in [1.29, 1.82) is 0 Å². The molecule has 122 valence electrons. The zero-order valence-corrected chi connectivity index (χ0v) is 13.7. The molecule has 0 radical (unpaired) electrons. The van der Waals surface area contributed by atoms with Crippen molar-refractivity contribution in [3.8, 4) is 5.75 Å². The van der Waals surface area contributed by atoms with Crippen molar-refractivity contribution in [1.82, 2.24) is 4.90 Å². The summed E-state index contributed by atoms with van der Waals surface area (Å²) in [5, 5.41) is 10.2. The number of phenolic OH excluding ortho intramolecular Hbond substituents is 1. The van der Waals surface area contributed by atoms with Gasteiger partial charge >= 0.3 is 0 Å². The first-order valence-electron chi connectivity index (χ1n) is 8.86. The molecule has 1 N–H and O–H groups in total. The van der Waals surface area contributed by atoms with Crippen molar-refractivity contribution in [3.05, 3.63) is 29.8 Å². The summed E-state index contributed by atoms with van der Waals surface area (Å²) >= 11 is 0. The van der Waals surface area contributed by atoms with Crippen LogP contribution in [0.3, 0.4) is 0 Å². The summed E-state index contributed by atoms with van der Waals surface area (Å²) in [7, 11) is 1.79. The molecule has 3 nitrogen and oxygen atoms in total. The Kier molecular flexibility index (Phi) is 5.37. The largest absolute Gasteiger partial charge is 0.508 e. The lowest BCUT2D eigenvalue weighted by molar-refractivity contribution is -0.0213. The molecular formula is C19H29NO2. The third-order valence-electron chi connectivity index (χ3n) is 5.53. The molecule has 0 spiro atoms. The van der Waals surface area contributed by atoms with Gasteiger partial charge in [0, 0.05) is 24.6 Å². The zero-order valence-electron chi connectivity index (χ0n) is 13.7. The second-order valence-electron chi connectivity index (χ2n) is 6.83. The number of phenols is 1. The van der Waals surface area contributed by atoms with E-state index in [1.165, 1.54) is 58.0 Å². The third-order valence-corrected chi connectivity index (χ3v) is 5.53. The highest BCUT2D eigenvalue weighted by Gasteiger charge is 2.37. The Morgan fingerprint density at radius 3 is 2.50 bits per heavy atom. The second kappa shape index (κ2) is 7.47. The van der Waals surface area contributed by atoms with Gasteiger partial charge in [0.25, 0.3) is 0 Å². The van der Waals surface area contributed by atoms with E-state index in [2.05, 4.69) is 4.90 Å². The highest BCUT2D eigenvalue weighted by Crippen LogP contribution is 2.42. The Bertz CT molecular complexity index is 470. The van der Waals surface area contributed by atoms with Crippen LogP contribution in [0.15, 0.2) is 24.3 Å². The average Bonchev–Trinajstić information content (AvgIpc) is 2.58. The Hall–Kier alpha value is -1.06. The van der Waals surface area contributed by atoms with Gasteiger partial charge in [-0.3, -0.25) is 0 Å². The van der Waals surface area contributed by atoms with Gasteiger partial charge in [-0.2, -0.15) is 0 Å². The summed E-state index contributed by atoms with van der Waals surface area (Å²) in [6.07, 6.45) is 9.13. The van der Waals surface area contributed by atoms with Crippen molar-refractivity contribution in [3.63, 3.8) is 0 Å². The predicted octanol–water partition coefficient (Wildman–Crippen LogP) is 4.12. The first-order chi connectivity index (χ1) is 10.8. The van der Waals surface area contributed by atoms with Gasteiger partial charge in [0.1, 0.15) is 5.75 Å². The van der Waals surface area contributed by atoms with Crippen molar-refractivity contribution < 1.29 is 9.84 Å². The van der Waals surface area contributed by atoms with Gasteiger partial charge in [-0.05, 0) is 44.8 Å². The highest BCUT2D eigenvalue weighted by molar-refractivity contribution is 5.34. The first kappa shape index (κ1) is 15.8. The van der Waals surface area contributed by atoms with Gasteiger partial charge in [0.2, 0.25) is 0 Å². The average molecular weight is 303 g/mol. The summed E-state index contributed by atoms with van der Waals surface area (Å²) in [4.78, 5) is 2.69. The van der Waals surface area contributed by atoms with E-state index in [1.807, 2.05) is 18.2 Å². The number of ether oxygens (including phenoxy) is 1. The van der Waals surface area contributed by atoms with E-state index < -0.39 is 0 Å². The SMILES string of the molecule is CO[C@@H](c1ccccc1O)[C@H]1CCCC[C@H]1N1CCCCC1. The molecular weight excluding hydrogens is 274 g/mol. The fraction of sp³-hybridized carbons (Fsp3) is 0.684. The van der Waals surface area contributed by atoms with E-state index in [1.54, 1.807) is 13.2 Å². The lowest BCUT2D eigenvalue weighted by Crippen LogP contribution is -2.47. The molecule has 1 aliphatic carbocycles. The summed E-state index contributed by atoms with van der Waals surface area (Å²) in [6, 6.07) is 8.29. The van der Waals surface area contributed by atoms with Gasteiger partial charge < -0.3 is 14.7 Å². The molecule has 0 amide bonds. The highest BCUT2D eigenvalue weighted by atomic mass is 16.5. The number of rotatable bonds is 4. The summed E-state index contributed by atoms with van der Waals surface area (Å²) < 4.78 is 5.89. The standard InChI is InChI=1S/C19H29NO2/c1-22-19(16-10-4-6-12-18(16)21)15-9-3-5-11-17(15)20-13-7-2-8-14-20/h4,6,10,12,15,17,19,21H,2-3,5,7-9,11,13-14H2,1H3/t15-,17+,19+/m0/s1. The fourth-order valence-corrected chi connectivity index (χ4v) is 4.46. The minimum absolute atomic E-state index is 0.00780. The second-order valence-corrected chi connectivity index (χ2v) is 6.83. The molecule has 22 heavy (non-hydrogen) atoms. The molecule has 3 heteroatoms. The lowest BCUT2D eigenvalue weighted by atomic mass is 9.77. The Labute approximate surface area is 134 Å². The number of hydrogen-bond donors (Lipinski definition) is 1. The molecule has 3 rings (SSSR count). The van der Waals surface area contributed by atoms with E-state index in [9.17, 15) is 5.11 Å². The molecule has 1 heterocycles. The molecule has 0 bridgehead atoms. The van der Waals surface area contributed by atoms with Gasteiger partial charge in [-0.15, -0.1) is 0 Å². The summed E-state index contributed by atoms with van der Waals surface area (Å²) in [5.74, 6) is 0.863. The smallest absolute Gasteiger partial charge is 0.121 e. The lowest BCUT2D eigenvalue weighted by Gasteiger charge is -2.44. The van der Waals surface area contributed by atoms with E-state index in [0.29, 0.717) is 17.7 Å². The normalized spacial score (nSPS) is 28.4. The number of para-hydroxylation sites is 1. The number of hydrogen-bond acceptors (Lipinski definition) is 3. The molecule has 2 fully saturated rings. The third kappa shape index (κ3) is 3.31. The zero-order chi connectivity index (χ0) is 15.4. The molecule has 2 aliphatic rings. The number of nitrogens with zero attached hydrogens (tertiary/aromatic N) is 1. The quantitative estimate of drug-likeness (QED) is 0.908. The summed E-state index contributed by atoms with van der Waals surface area (Å²) in [6.45, 7) is 2.47. The van der Waals surface area contributed by atoms with Crippen molar-refractivity contribution in [2.45, 2.75) is 57.1 Å². The van der Waals surface area contributed by atoms with Crippen LogP contribution in [-0.2, 0) is 4.74 Å². The Morgan fingerprint density at radius 1 is 1.05 bits per heavy atom. The maximum atomic E-state index is 10.2. The molecule has 0 unspecified atom stereocenters. The fourth-order valence-electron chi connectivity index (χ4n) is 4.46. The topological polar surface area (TPSA) is 32.7 Å². The number of piperidine rings is 1. The van der Waals surface area contributed by atoms with E-state index >= 15 is 0 Å². The monoisotopic (exact) mass is 303 g/mol. The minimum Gasteiger partial charge on any atom is -0.508 e. The van der Waals surface area contributed by atoms with Gasteiger partial charge in [0.15, 0.2) is 0 Å². The molecule has 1 aromatic carbocycles. The maximum Gasteiger partial charge on any atom is 0.121 e. The Morgan fingerprint density at radius 2 is 1.77 bits per heavy atom. The number of aromatic hydroxyl groups is 1. The number of likely N-dealkylation sites (tertiary alicyclic amines) is 1. The van der Waals surface area contributed by atoms with Gasteiger partial charge in [-0.25, -0.2) is 0 Å². The molecule has 0 aromatic heterocycles. The van der Waals surface area contributed by atoms with Crippen LogP contribution < -0.4 is 0 Å². The molecule has 1 saturated heterocycles. The van der Waals surface area contributed by atoms with E-state index in [-0.39, 0.29) is 6.10 Å². The van der Waals surface area contributed by atoms with Crippen LogP contribution >= 0.6 is 0 Å². The van der Waals surface area contributed by atoms with Crippen LogP contribution in [0, 0.1) is 5.92 Å². The van der Waals surface area contributed by atoms with E-state index in [4.69, 9.17) is 4.74 Å². The van der Waals surface area contributed by atoms with Crippen LogP contribution in [0.2, 0.25) is 0 Å². The van der Waals surface area contributed by atoms with Crippen LogP contribution in [0.25, 0.3) is 0 Å². The minimum atomic E-state index is 0.00780. The van der Waals surface area contributed by atoms with Crippen molar-refractivity contribution >= 4 is 0 Å². The number of methoxy groups -OCH3 is 1. The van der Waals surface area contributed by atoms with Crippen LogP contribution in [0.1, 0.15) is 56.6 Å². The molecule has 1 saturated carbocycles. The summed E-state index contributed by atoms with van der Waals surface area (Å²) in [5.41, 5.74) is 0.957. The van der Waals surface area contributed by atoms with Gasteiger partial charge in [-0.1, -0.05) is 37.5 Å². The Balaban J connectivity index is 1.83.